The van der Waals surface area contributed by atoms with Gasteiger partial charge in [-0.2, -0.15) is 5.26 Å². The number of halogens is 2. The van der Waals surface area contributed by atoms with Crippen molar-refractivity contribution in [2.45, 2.75) is 19.4 Å². The summed E-state index contributed by atoms with van der Waals surface area (Å²) in [7, 11) is -3.61. The van der Waals surface area contributed by atoms with Gasteiger partial charge >= 0.3 is 0 Å². The van der Waals surface area contributed by atoms with E-state index in [-0.39, 0.29) is 28.1 Å². The van der Waals surface area contributed by atoms with Crippen LogP contribution in [0.4, 0.5) is 14.5 Å². The normalized spacial score (nSPS) is 15.6. The number of anilines is 1. The first-order chi connectivity index (χ1) is 12.5. The van der Waals surface area contributed by atoms with Crippen LogP contribution in [-0.2, 0) is 10.0 Å². The molecule has 0 saturated heterocycles. The van der Waals surface area contributed by atoms with Crippen molar-refractivity contribution in [2.75, 3.05) is 11.0 Å². The Morgan fingerprint density at radius 1 is 1.15 bits per heavy atom. The number of nitrogens with one attached hydrogen (secondary N) is 1. The molecule has 3 rings (SSSR count). The van der Waals surface area contributed by atoms with Crippen molar-refractivity contribution in [2.24, 2.45) is 0 Å². The van der Waals surface area contributed by atoms with Gasteiger partial charge in [-0.1, -0.05) is 12.1 Å². The highest BCUT2D eigenvalue weighted by Crippen LogP contribution is 2.46. The summed E-state index contributed by atoms with van der Waals surface area (Å²) in [5.41, 5.74) is -0.147. The highest BCUT2D eigenvalue weighted by molar-refractivity contribution is 7.92. The van der Waals surface area contributed by atoms with E-state index in [2.05, 4.69) is 10.8 Å². The van der Waals surface area contributed by atoms with E-state index < -0.39 is 27.3 Å². The summed E-state index contributed by atoms with van der Waals surface area (Å²) in [6, 6.07) is 9.78. The van der Waals surface area contributed by atoms with Crippen molar-refractivity contribution in [1.82, 2.24) is 0 Å². The number of nitrogens with zero attached hydrogens (tertiary/aromatic N) is 1. The molecule has 0 saturated carbocycles. The molecule has 1 aliphatic heterocycles. The number of hydrogen-bond acceptors (Lipinski definition) is 4. The second-order valence-electron chi connectivity index (χ2n) is 6.69. The molecular weight excluding hydrogens is 374 g/mol. The number of rotatable bonds is 3. The quantitative estimate of drug-likeness (QED) is 0.864. The summed E-state index contributed by atoms with van der Waals surface area (Å²) in [5, 5.41) is 9.66. The maximum Gasteiger partial charge on any atom is 0.229 e. The Kier molecular flexibility index (Phi) is 4.44. The predicted molar refractivity (Wildman–Crippen MR) is 97.6 cm³/mol. The fourth-order valence-corrected chi connectivity index (χ4v) is 3.57. The summed E-state index contributed by atoms with van der Waals surface area (Å²) in [5.74, 6) is -1.14. The lowest BCUT2D eigenvalue weighted by molar-refractivity contribution is 0.149. The van der Waals surface area contributed by atoms with E-state index in [9.17, 15) is 22.5 Å². The van der Waals surface area contributed by atoms with Crippen LogP contribution in [0.3, 0.4) is 0 Å². The van der Waals surface area contributed by atoms with Crippen LogP contribution in [0, 0.1) is 23.0 Å². The molecular formula is C19H16F2N2O3S. The van der Waals surface area contributed by atoms with Crippen LogP contribution in [0.5, 0.6) is 5.75 Å². The second kappa shape index (κ2) is 6.35. The third-order valence-corrected chi connectivity index (χ3v) is 4.68. The molecule has 1 N–H and O–H groups in total. The van der Waals surface area contributed by atoms with Crippen molar-refractivity contribution in [1.29, 1.82) is 5.26 Å². The lowest BCUT2D eigenvalue weighted by Gasteiger charge is -2.34. The number of ether oxygens (including phenoxy) is 1. The Labute approximate surface area is 155 Å². The maximum absolute atomic E-state index is 15.0. The van der Waals surface area contributed by atoms with Crippen LogP contribution in [0.25, 0.3) is 5.57 Å². The predicted octanol–water partition coefficient (Wildman–Crippen LogP) is 3.83. The lowest BCUT2D eigenvalue weighted by atomic mass is 9.83. The van der Waals surface area contributed by atoms with Crippen molar-refractivity contribution >= 4 is 21.3 Å². The molecule has 0 aliphatic carbocycles. The Morgan fingerprint density at radius 2 is 1.78 bits per heavy atom. The van der Waals surface area contributed by atoms with E-state index >= 15 is 0 Å². The molecule has 0 atom stereocenters. The first-order valence-electron chi connectivity index (χ1n) is 7.93. The molecule has 0 aromatic heterocycles. The minimum Gasteiger partial charge on any atom is -0.482 e. The average Bonchev–Trinajstić information content (AvgIpc) is 2.51. The Bertz CT molecular complexity index is 1100. The fraction of sp³-hybridized carbons (Fsp3) is 0.211. The zero-order valence-electron chi connectivity index (χ0n) is 14.8. The molecule has 0 spiro atoms. The molecule has 0 fully saturated rings. The third kappa shape index (κ3) is 3.64. The largest absolute Gasteiger partial charge is 0.482 e. The smallest absolute Gasteiger partial charge is 0.229 e. The molecule has 0 unspecified atom stereocenters. The molecule has 2 aromatic rings. The topological polar surface area (TPSA) is 79.2 Å². The van der Waals surface area contributed by atoms with Gasteiger partial charge in [-0.15, -0.1) is 0 Å². The molecule has 8 heteroatoms. The van der Waals surface area contributed by atoms with Gasteiger partial charge in [0.15, 0.2) is 0 Å². The van der Waals surface area contributed by atoms with E-state index in [1.54, 1.807) is 13.8 Å². The van der Waals surface area contributed by atoms with E-state index in [1.807, 2.05) is 0 Å². The summed E-state index contributed by atoms with van der Waals surface area (Å²) in [4.78, 5) is 0. The Balaban J connectivity index is 2.30. The van der Waals surface area contributed by atoms with Crippen LogP contribution >= 0.6 is 0 Å². The van der Waals surface area contributed by atoms with Crippen LogP contribution in [0.15, 0.2) is 42.0 Å². The number of hydrogen-bond donors (Lipinski definition) is 1. The van der Waals surface area contributed by atoms with Gasteiger partial charge in [0.1, 0.15) is 23.0 Å². The van der Waals surface area contributed by atoms with Gasteiger partial charge < -0.3 is 4.74 Å². The van der Waals surface area contributed by atoms with Gasteiger partial charge in [0.05, 0.1) is 29.1 Å². The van der Waals surface area contributed by atoms with E-state index in [4.69, 9.17) is 4.74 Å². The number of nitriles is 1. The van der Waals surface area contributed by atoms with E-state index in [0.29, 0.717) is 5.56 Å². The van der Waals surface area contributed by atoms with Gasteiger partial charge in [0.2, 0.25) is 10.0 Å². The molecule has 27 heavy (non-hydrogen) atoms. The molecule has 0 bridgehead atoms. The van der Waals surface area contributed by atoms with Gasteiger partial charge in [-0.25, -0.2) is 17.2 Å². The lowest BCUT2D eigenvalue weighted by Crippen LogP contribution is -2.35. The van der Waals surface area contributed by atoms with Crippen LogP contribution in [-0.4, -0.2) is 20.3 Å². The molecule has 2 aromatic carbocycles. The first kappa shape index (κ1) is 18.9. The highest BCUT2D eigenvalue weighted by atomic mass is 32.2. The number of benzene rings is 2. The monoisotopic (exact) mass is 390 g/mol. The minimum absolute atomic E-state index is 0.00316. The van der Waals surface area contributed by atoms with Crippen LogP contribution in [0.1, 0.15) is 25.0 Å². The minimum atomic E-state index is -3.61. The van der Waals surface area contributed by atoms with E-state index in [1.165, 1.54) is 30.3 Å². The van der Waals surface area contributed by atoms with Crippen molar-refractivity contribution in [3.05, 3.63) is 64.7 Å². The van der Waals surface area contributed by atoms with Gasteiger partial charge in [-0.3, -0.25) is 4.72 Å². The molecule has 0 amide bonds. The van der Waals surface area contributed by atoms with Crippen molar-refractivity contribution < 1.29 is 21.9 Å². The molecule has 1 aliphatic rings. The van der Waals surface area contributed by atoms with Gasteiger partial charge in [0.25, 0.3) is 0 Å². The maximum atomic E-state index is 15.0. The molecule has 140 valence electrons. The summed E-state index contributed by atoms with van der Waals surface area (Å²) >= 11 is 0. The summed E-state index contributed by atoms with van der Waals surface area (Å²) in [6.45, 7) is 3.29. The van der Waals surface area contributed by atoms with E-state index in [0.717, 1.165) is 12.3 Å². The van der Waals surface area contributed by atoms with Gasteiger partial charge in [-0.05, 0) is 37.6 Å². The number of sulfonamides is 1. The molecule has 1 heterocycles. The standard InChI is InChI=1S/C19H16F2N2O3S/c1-19(2)14(10-22)17(11-4-6-12(20)7-5-11)18-15(21)8-13(9-16(18)26-19)23-27(3,24)25/h4-9,23H,1-3H3. The molecule has 0 radical (unpaired) electrons. The Hall–Kier alpha value is -2.92. The summed E-state index contributed by atoms with van der Waals surface area (Å²) in [6.07, 6.45) is 0.951. The van der Waals surface area contributed by atoms with Gasteiger partial charge in [0, 0.05) is 11.6 Å². The SMILES string of the molecule is CC1(C)Oc2cc(NS(C)(=O)=O)cc(F)c2C(c2ccc(F)cc2)=C1C#N. The third-order valence-electron chi connectivity index (χ3n) is 4.07. The fourth-order valence-electron chi connectivity index (χ4n) is 3.03. The summed E-state index contributed by atoms with van der Waals surface area (Å²) < 4.78 is 59.2. The van der Waals surface area contributed by atoms with Crippen LogP contribution < -0.4 is 9.46 Å². The zero-order valence-corrected chi connectivity index (χ0v) is 15.6. The van der Waals surface area contributed by atoms with Crippen LogP contribution in [0.2, 0.25) is 0 Å². The second-order valence-corrected chi connectivity index (χ2v) is 8.43. The first-order valence-corrected chi connectivity index (χ1v) is 9.82. The van der Waals surface area contributed by atoms with Crippen molar-refractivity contribution in [3.8, 4) is 11.8 Å². The van der Waals surface area contributed by atoms with Crippen molar-refractivity contribution in [3.63, 3.8) is 0 Å². The highest BCUT2D eigenvalue weighted by Gasteiger charge is 2.37. The zero-order chi connectivity index (χ0) is 20.0. The average molecular weight is 390 g/mol. The Morgan fingerprint density at radius 3 is 2.33 bits per heavy atom. The number of fused-ring (bicyclic) bond motifs is 1. The molecule has 5 nitrogen and oxygen atoms in total.